The van der Waals surface area contributed by atoms with Crippen LogP contribution in [0.25, 0.3) is 0 Å². The molecule has 29 heavy (non-hydrogen) atoms. The zero-order valence-electron chi connectivity index (χ0n) is 17.2. The highest BCUT2D eigenvalue weighted by molar-refractivity contribution is 5.79. The third-order valence-electron chi connectivity index (χ3n) is 6.00. The van der Waals surface area contributed by atoms with Crippen LogP contribution < -0.4 is 10.1 Å². The Bertz CT molecular complexity index is 875. The fourth-order valence-corrected chi connectivity index (χ4v) is 4.44. The average molecular weight is 397 g/mol. The summed E-state index contributed by atoms with van der Waals surface area (Å²) in [6, 6.07) is 14.8. The minimum Gasteiger partial charge on any atom is -0.487 e. The van der Waals surface area contributed by atoms with Gasteiger partial charge in [-0.2, -0.15) is 0 Å². The van der Waals surface area contributed by atoms with E-state index in [1.54, 1.807) is 6.07 Å². The number of carbonyl (C=O) groups is 1. The molecule has 0 aromatic heterocycles. The average Bonchev–Trinajstić information content (AvgIpc) is 2.69. The number of hydrogen-bond acceptors (Lipinski definition) is 3. The Hall–Kier alpha value is -2.40. The number of piperidine rings is 1. The highest BCUT2D eigenvalue weighted by Gasteiger charge is 2.35. The van der Waals surface area contributed by atoms with Crippen LogP contribution in [0, 0.1) is 11.7 Å². The first-order valence-corrected chi connectivity index (χ1v) is 10.5. The molecular formula is C24H29FN2O2. The first-order valence-electron chi connectivity index (χ1n) is 10.5. The van der Waals surface area contributed by atoms with Crippen LogP contribution >= 0.6 is 0 Å². The van der Waals surface area contributed by atoms with E-state index in [2.05, 4.69) is 24.1 Å². The van der Waals surface area contributed by atoms with Gasteiger partial charge in [-0.15, -0.1) is 0 Å². The number of rotatable bonds is 4. The molecule has 2 aromatic carbocycles. The molecule has 4 rings (SSSR count). The van der Waals surface area contributed by atoms with Crippen molar-refractivity contribution in [2.75, 3.05) is 13.1 Å². The molecule has 0 spiro atoms. The maximum absolute atomic E-state index is 13.9. The summed E-state index contributed by atoms with van der Waals surface area (Å²) in [5, 5.41) is 3.28. The molecular weight excluding hydrogens is 367 g/mol. The van der Waals surface area contributed by atoms with Crippen LogP contribution in [0.15, 0.2) is 48.5 Å². The summed E-state index contributed by atoms with van der Waals surface area (Å²) in [4.78, 5) is 15.2. The fraction of sp³-hybridized carbons (Fsp3) is 0.458. The van der Waals surface area contributed by atoms with E-state index in [1.807, 2.05) is 36.4 Å². The van der Waals surface area contributed by atoms with Gasteiger partial charge in [-0.05, 0) is 51.9 Å². The van der Waals surface area contributed by atoms with Gasteiger partial charge in [0.1, 0.15) is 17.2 Å². The van der Waals surface area contributed by atoms with Crippen LogP contribution in [0.4, 0.5) is 4.39 Å². The van der Waals surface area contributed by atoms with E-state index >= 15 is 0 Å². The summed E-state index contributed by atoms with van der Waals surface area (Å²) in [7, 11) is 0. The van der Waals surface area contributed by atoms with Crippen molar-refractivity contribution in [2.24, 2.45) is 5.92 Å². The lowest BCUT2D eigenvalue weighted by molar-refractivity contribution is -0.127. The van der Waals surface area contributed by atoms with Gasteiger partial charge < -0.3 is 10.1 Å². The van der Waals surface area contributed by atoms with Crippen LogP contribution in [0.5, 0.6) is 5.75 Å². The Morgan fingerprint density at radius 1 is 1.14 bits per heavy atom. The maximum Gasteiger partial charge on any atom is 0.223 e. The van der Waals surface area contributed by atoms with Gasteiger partial charge >= 0.3 is 0 Å². The third-order valence-corrected chi connectivity index (χ3v) is 6.00. The summed E-state index contributed by atoms with van der Waals surface area (Å²) >= 11 is 0. The van der Waals surface area contributed by atoms with E-state index in [0.29, 0.717) is 6.54 Å². The number of hydrogen-bond donors (Lipinski definition) is 1. The maximum atomic E-state index is 13.9. The van der Waals surface area contributed by atoms with Crippen molar-refractivity contribution in [3.05, 3.63) is 65.5 Å². The molecule has 0 aliphatic carbocycles. The molecule has 1 amide bonds. The van der Waals surface area contributed by atoms with Crippen molar-refractivity contribution < 1.29 is 13.9 Å². The summed E-state index contributed by atoms with van der Waals surface area (Å²) in [6.45, 7) is 6.33. The number of halogens is 1. The Labute approximate surface area is 172 Å². The van der Waals surface area contributed by atoms with Crippen LogP contribution in [-0.4, -0.2) is 29.5 Å². The number of ether oxygens (including phenoxy) is 1. The standard InChI is InChI=1S/C24H29FN2O2/c1-24(2)15-21(19-8-4-6-10-22(19)29-24)26-23(28)17-11-13-27(14-12-17)16-18-7-3-5-9-20(18)25/h3-10,17,21H,11-16H2,1-2H3,(H,26,28). The summed E-state index contributed by atoms with van der Waals surface area (Å²) in [5.74, 6) is 0.819. The van der Waals surface area contributed by atoms with Crippen molar-refractivity contribution in [1.29, 1.82) is 0 Å². The van der Waals surface area contributed by atoms with Crippen molar-refractivity contribution in [3.63, 3.8) is 0 Å². The molecule has 0 bridgehead atoms. The van der Waals surface area contributed by atoms with Gasteiger partial charge in [-0.3, -0.25) is 9.69 Å². The van der Waals surface area contributed by atoms with E-state index in [1.165, 1.54) is 6.07 Å². The minimum absolute atomic E-state index is 0.00462. The molecule has 4 nitrogen and oxygen atoms in total. The lowest BCUT2D eigenvalue weighted by Gasteiger charge is -2.39. The van der Waals surface area contributed by atoms with E-state index in [9.17, 15) is 9.18 Å². The molecule has 154 valence electrons. The van der Waals surface area contributed by atoms with E-state index in [-0.39, 0.29) is 29.3 Å². The molecule has 2 aliphatic heterocycles. The molecule has 2 aliphatic rings. The Morgan fingerprint density at radius 2 is 1.83 bits per heavy atom. The van der Waals surface area contributed by atoms with Gasteiger partial charge in [0.25, 0.3) is 0 Å². The Balaban J connectivity index is 1.35. The number of nitrogens with zero attached hydrogens (tertiary/aromatic N) is 1. The van der Waals surface area contributed by atoms with Crippen molar-refractivity contribution >= 4 is 5.91 Å². The number of likely N-dealkylation sites (tertiary alicyclic amines) is 1. The number of carbonyl (C=O) groups excluding carboxylic acids is 1. The molecule has 5 heteroatoms. The second-order valence-corrected chi connectivity index (χ2v) is 8.81. The predicted molar refractivity (Wildman–Crippen MR) is 111 cm³/mol. The number of nitrogens with one attached hydrogen (secondary N) is 1. The van der Waals surface area contributed by atoms with Crippen LogP contribution in [0.3, 0.4) is 0 Å². The predicted octanol–water partition coefficient (Wildman–Crippen LogP) is 4.46. The first-order chi connectivity index (χ1) is 13.9. The van der Waals surface area contributed by atoms with Crippen LogP contribution in [-0.2, 0) is 11.3 Å². The zero-order valence-corrected chi connectivity index (χ0v) is 17.2. The van der Waals surface area contributed by atoms with Crippen LogP contribution in [0.2, 0.25) is 0 Å². The molecule has 1 N–H and O–H groups in total. The number of para-hydroxylation sites is 1. The second-order valence-electron chi connectivity index (χ2n) is 8.81. The third kappa shape index (κ3) is 4.61. The monoisotopic (exact) mass is 396 g/mol. The number of benzene rings is 2. The molecule has 2 heterocycles. The van der Waals surface area contributed by atoms with Crippen molar-refractivity contribution in [1.82, 2.24) is 10.2 Å². The molecule has 1 saturated heterocycles. The Morgan fingerprint density at radius 3 is 2.59 bits per heavy atom. The van der Waals surface area contributed by atoms with Gasteiger partial charge in [0.05, 0.1) is 6.04 Å². The lowest BCUT2D eigenvalue weighted by atomic mass is 9.88. The highest BCUT2D eigenvalue weighted by Crippen LogP contribution is 2.39. The van der Waals surface area contributed by atoms with Gasteiger partial charge in [0.2, 0.25) is 5.91 Å². The zero-order chi connectivity index (χ0) is 20.4. The van der Waals surface area contributed by atoms with E-state index < -0.39 is 0 Å². The smallest absolute Gasteiger partial charge is 0.223 e. The van der Waals surface area contributed by atoms with Gasteiger partial charge in [0.15, 0.2) is 0 Å². The number of amides is 1. The lowest BCUT2D eigenvalue weighted by Crippen LogP contribution is -2.45. The van der Waals surface area contributed by atoms with Crippen LogP contribution in [0.1, 0.15) is 50.3 Å². The first kappa shape index (κ1) is 19.9. The van der Waals surface area contributed by atoms with E-state index in [4.69, 9.17) is 4.74 Å². The molecule has 1 atom stereocenters. The molecule has 2 aromatic rings. The quantitative estimate of drug-likeness (QED) is 0.830. The molecule has 0 saturated carbocycles. The second kappa shape index (κ2) is 8.15. The topological polar surface area (TPSA) is 41.6 Å². The van der Waals surface area contributed by atoms with Gasteiger partial charge in [0, 0.05) is 30.0 Å². The SMILES string of the molecule is CC1(C)CC(NC(=O)C2CCN(Cc3ccccc3F)CC2)c2ccccc2O1. The summed E-state index contributed by atoms with van der Waals surface area (Å²) < 4.78 is 20.0. The summed E-state index contributed by atoms with van der Waals surface area (Å²) in [5.41, 5.74) is 1.46. The van der Waals surface area contributed by atoms with Crippen molar-refractivity contribution in [3.8, 4) is 5.75 Å². The number of fused-ring (bicyclic) bond motifs is 1. The van der Waals surface area contributed by atoms with E-state index in [0.717, 1.165) is 49.2 Å². The minimum atomic E-state index is -0.310. The fourth-order valence-electron chi connectivity index (χ4n) is 4.44. The normalized spacial score (nSPS) is 21.8. The molecule has 1 fully saturated rings. The Kier molecular flexibility index (Phi) is 5.59. The molecule has 1 unspecified atom stereocenters. The molecule has 0 radical (unpaired) electrons. The van der Waals surface area contributed by atoms with Crippen molar-refractivity contribution in [2.45, 2.75) is 51.3 Å². The summed E-state index contributed by atoms with van der Waals surface area (Å²) in [6.07, 6.45) is 2.35. The largest absolute Gasteiger partial charge is 0.487 e. The van der Waals surface area contributed by atoms with Gasteiger partial charge in [-0.25, -0.2) is 4.39 Å². The van der Waals surface area contributed by atoms with Gasteiger partial charge in [-0.1, -0.05) is 36.4 Å². The highest BCUT2D eigenvalue weighted by atomic mass is 19.1.